The second-order valence-electron chi connectivity index (χ2n) is 3.11. The molecule has 0 spiro atoms. The fraction of sp³-hybridized carbons (Fsp3) is 0.800. The summed E-state index contributed by atoms with van der Waals surface area (Å²) in [5.74, 6) is -2.52. The molecule has 0 aromatic rings. The van der Waals surface area contributed by atoms with E-state index in [1.807, 2.05) is 6.92 Å². The summed E-state index contributed by atoms with van der Waals surface area (Å²) < 4.78 is 0. The molecule has 2 unspecified atom stereocenters. The normalized spacial score (nSPS) is 12.6. The van der Waals surface area contributed by atoms with Crippen molar-refractivity contribution in [2.24, 2.45) is 5.92 Å². The van der Waals surface area contributed by atoms with E-state index in [0.29, 0.717) is 6.42 Å². The van der Waals surface area contributed by atoms with Gasteiger partial charge in [0, 0.05) is 0 Å². The van der Waals surface area contributed by atoms with E-state index >= 15 is 0 Å². The minimum atomic E-state index is -1.27. The van der Waals surface area contributed by atoms with Crippen molar-refractivity contribution in [3.05, 3.63) is 0 Å². The van der Waals surface area contributed by atoms with Gasteiger partial charge < -0.3 is 15.0 Å². The maximum Gasteiger partial charge on any atom is 2.00 e. The third-order valence-electron chi connectivity index (χ3n) is 1.76. The third-order valence-corrected chi connectivity index (χ3v) is 1.76. The van der Waals surface area contributed by atoms with E-state index in [0.717, 1.165) is 6.42 Å². The molecule has 0 amide bonds. The molecule has 0 fully saturated rings. The Kier molecular flexibility index (Phi) is 15.7. The predicted octanol–water partition coefficient (Wildman–Crippen LogP) is -0.506. The number of ketones is 1. The first-order chi connectivity index (χ1) is 6.36. The molecule has 0 aromatic carbocycles. The molecule has 0 bridgehead atoms. The summed E-state index contributed by atoms with van der Waals surface area (Å²) in [6.07, 6.45) is 0.701. The Morgan fingerprint density at radius 3 is 1.53 bits per heavy atom. The van der Waals surface area contributed by atoms with E-state index in [4.69, 9.17) is 0 Å². The Balaban J connectivity index is -0.000000208. The number of aliphatic carboxylic acids is 1. The number of hydrogen-bond acceptors (Lipinski definition) is 4. The number of rotatable bonds is 4. The van der Waals surface area contributed by atoms with Crippen LogP contribution < -0.4 is 10.2 Å². The van der Waals surface area contributed by atoms with Gasteiger partial charge in [0.05, 0.1) is 11.9 Å². The zero-order chi connectivity index (χ0) is 11.7. The van der Waals surface area contributed by atoms with Gasteiger partial charge in [-0.1, -0.05) is 27.2 Å². The zero-order valence-corrected chi connectivity index (χ0v) is 10.4. The van der Waals surface area contributed by atoms with E-state index in [-0.39, 0.29) is 29.0 Å². The summed E-state index contributed by atoms with van der Waals surface area (Å²) in [7, 11) is 0. The molecule has 0 heterocycles. The van der Waals surface area contributed by atoms with Crippen LogP contribution in [0.5, 0.6) is 0 Å². The molecular formula is C10H18CuO4. The second-order valence-corrected chi connectivity index (χ2v) is 3.11. The van der Waals surface area contributed by atoms with Gasteiger partial charge in [-0.25, -0.2) is 0 Å². The molecule has 0 rings (SSSR count). The van der Waals surface area contributed by atoms with Crippen molar-refractivity contribution in [3.63, 3.8) is 0 Å². The Morgan fingerprint density at radius 2 is 1.53 bits per heavy atom. The van der Waals surface area contributed by atoms with E-state index in [1.165, 1.54) is 6.92 Å². The topological polar surface area (TPSA) is 80.3 Å². The molecule has 0 aliphatic heterocycles. The van der Waals surface area contributed by atoms with Crippen molar-refractivity contribution < 1.29 is 36.9 Å². The van der Waals surface area contributed by atoms with Gasteiger partial charge in [-0.15, -0.1) is 6.10 Å². The minimum absolute atomic E-state index is 0. The molecule has 4 nitrogen and oxygen atoms in total. The monoisotopic (exact) mass is 265 g/mol. The predicted molar refractivity (Wildman–Crippen MR) is 49.2 cm³/mol. The van der Waals surface area contributed by atoms with Gasteiger partial charge in [0.2, 0.25) is 0 Å². The van der Waals surface area contributed by atoms with Gasteiger partial charge >= 0.3 is 17.1 Å². The van der Waals surface area contributed by atoms with Crippen molar-refractivity contribution in [2.45, 2.75) is 46.6 Å². The molecule has 0 N–H and O–H groups in total. The SMILES string of the molecule is CCC(C(C)=O)C(=O)[O-].CCC(C)[O-].[Cu+2]. The van der Waals surface area contributed by atoms with Gasteiger partial charge in [0.15, 0.2) is 0 Å². The third kappa shape index (κ3) is 13.6. The van der Waals surface area contributed by atoms with E-state index in [2.05, 4.69) is 0 Å². The van der Waals surface area contributed by atoms with Crippen LogP contribution in [-0.4, -0.2) is 17.9 Å². The Bertz CT molecular complexity index is 166. The molecule has 2 atom stereocenters. The summed E-state index contributed by atoms with van der Waals surface area (Å²) >= 11 is 0. The van der Waals surface area contributed by atoms with Crippen molar-refractivity contribution >= 4 is 11.8 Å². The van der Waals surface area contributed by atoms with Crippen molar-refractivity contribution in [1.29, 1.82) is 0 Å². The van der Waals surface area contributed by atoms with Gasteiger partial charge in [-0.05, 0) is 13.3 Å². The van der Waals surface area contributed by atoms with Crippen LogP contribution in [0.25, 0.3) is 0 Å². The summed E-state index contributed by atoms with van der Waals surface area (Å²) in [6, 6.07) is 0. The number of carbonyl (C=O) groups excluding carboxylic acids is 2. The van der Waals surface area contributed by atoms with E-state index in [9.17, 15) is 19.8 Å². The van der Waals surface area contributed by atoms with Crippen LogP contribution in [0.4, 0.5) is 0 Å². The summed E-state index contributed by atoms with van der Waals surface area (Å²) in [4.78, 5) is 20.4. The Morgan fingerprint density at radius 1 is 1.20 bits per heavy atom. The van der Waals surface area contributed by atoms with Crippen LogP contribution >= 0.6 is 0 Å². The number of carboxylic acid groups (broad SMARTS) is 1. The minimum Gasteiger partial charge on any atom is -0.852 e. The van der Waals surface area contributed by atoms with Gasteiger partial charge in [-0.3, -0.25) is 4.79 Å². The second kappa shape index (κ2) is 11.7. The fourth-order valence-electron chi connectivity index (χ4n) is 0.620. The average Bonchev–Trinajstić information content (AvgIpc) is 2.05. The first kappa shape index (κ1) is 20.1. The Labute approximate surface area is 102 Å². The van der Waals surface area contributed by atoms with Crippen LogP contribution in [0.2, 0.25) is 0 Å². The summed E-state index contributed by atoms with van der Waals surface area (Å²) in [5.41, 5.74) is 0. The van der Waals surface area contributed by atoms with Crippen LogP contribution in [0, 0.1) is 5.92 Å². The smallest absolute Gasteiger partial charge is 0.852 e. The number of carbonyl (C=O) groups is 2. The quantitative estimate of drug-likeness (QED) is 0.507. The fourth-order valence-corrected chi connectivity index (χ4v) is 0.620. The van der Waals surface area contributed by atoms with Crippen LogP contribution in [0.3, 0.4) is 0 Å². The van der Waals surface area contributed by atoms with Crippen LogP contribution in [-0.2, 0) is 26.7 Å². The largest absolute Gasteiger partial charge is 2.00 e. The summed E-state index contributed by atoms with van der Waals surface area (Å²) in [5, 5.41) is 19.9. The van der Waals surface area contributed by atoms with Gasteiger partial charge in [-0.2, -0.15) is 0 Å². The maximum atomic E-state index is 10.4. The molecular weight excluding hydrogens is 248 g/mol. The van der Waals surface area contributed by atoms with Crippen molar-refractivity contribution in [1.82, 2.24) is 0 Å². The van der Waals surface area contributed by atoms with E-state index in [1.54, 1.807) is 13.8 Å². The first-order valence-electron chi connectivity index (χ1n) is 4.73. The number of hydrogen-bond donors (Lipinski definition) is 0. The average molecular weight is 266 g/mol. The standard InChI is InChI=1S/C6H10O3.C4H9O.Cu/c1-3-5(4(2)7)6(8)9;1-3-4(2)5;/h5H,3H2,1-2H3,(H,8,9);4H,3H2,1-2H3;/q;-1;+2/p-1. The van der Waals surface area contributed by atoms with Gasteiger partial charge in [0.1, 0.15) is 5.78 Å². The zero-order valence-electron chi connectivity index (χ0n) is 9.50. The molecule has 0 aromatic heterocycles. The molecule has 5 heteroatoms. The molecule has 15 heavy (non-hydrogen) atoms. The van der Waals surface area contributed by atoms with E-state index < -0.39 is 11.9 Å². The number of Topliss-reactive ketones (excluding diaryl/α,β-unsaturated/α-hetero) is 1. The van der Waals surface area contributed by atoms with Crippen molar-refractivity contribution in [2.75, 3.05) is 0 Å². The summed E-state index contributed by atoms with van der Waals surface area (Å²) in [6.45, 7) is 6.45. The van der Waals surface area contributed by atoms with Gasteiger partial charge in [0.25, 0.3) is 0 Å². The molecule has 0 saturated carbocycles. The maximum absolute atomic E-state index is 10.4. The molecule has 0 aliphatic carbocycles. The molecule has 1 radical (unpaired) electrons. The molecule has 93 valence electrons. The van der Waals surface area contributed by atoms with Crippen LogP contribution in [0.1, 0.15) is 40.5 Å². The van der Waals surface area contributed by atoms with Crippen LogP contribution in [0.15, 0.2) is 0 Å². The number of carboxylic acids is 1. The molecule has 0 aliphatic rings. The first-order valence-corrected chi connectivity index (χ1v) is 4.73. The molecule has 0 saturated heterocycles. The Hall–Kier alpha value is -0.381. The van der Waals surface area contributed by atoms with Crippen molar-refractivity contribution in [3.8, 4) is 0 Å².